The number of alkyl halides is 4. The maximum atomic E-state index is 16.0. The predicted octanol–water partition coefficient (Wildman–Crippen LogP) is 23.9. The zero-order valence-corrected chi connectivity index (χ0v) is 82.4. The van der Waals surface area contributed by atoms with Gasteiger partial charge in [-0.05, 0) is 212 Å². The van der Waals surface area contributed by atoms with Gasteiger partial charge in [0.15, 0.2) is 86.0 Å². The Morgan fingerprint density at radius 3 is 1.27 bits per heavy atom. The van der Waals surface area contributed by atoms with Crippen molar-refractivity contribution in [1.29, 1.82) is 0 Å². The van der Waals surface area contributed by atoms with Crippen molar-refractivity contribution >= 4 is 106 Å². The van der Waals surface area contributed by atoms with Gasteiger partial charge in [-0.15, -0.1) is 40.8 Å². The van der Waals surface area contributed by atoms with Gasteiger partial charge in [-0.2, -0.15) is 27.0 Å². The van der Waals surface area contributed by atoms with Crippen LogP contribution in [0.5, 0.6) is 17.2 Å². The number of hydrogen-bond acceptors (Lipinski definition) is 26. The maximum absolute atomic E-state index is 16.0. The van der Waals surface area contributed by atoms with Gasteiger partial charge in [-0.3, -0.25) is 47.2 Å². The van der Waals surface area contributed by atoms with Gasteiger partial charge in [0, 0.05) is 165 Å². The molecule has 0 fully saturated rings. The first-order chi connectivity index (χ1) is 71.9. The van der Waals surface area contributed by atoms with Crippen LogP contribution >= 0.6 is 23.1 Å². The van der Waals surface area contributed by atoms with Crippen molar-refractivity contribution in [2.45, 2.75) is 84.5 Å². The maximum Gasteiger partial charge on any atom is 0.436 e. The smallest absolute Gasteiger partial charge is 0.436 e. The zero-order valence-electron chi connectivity index (χ0n) is 80.8. The third kappa shape index (κ3) is 19.6. The summed E-state index contributed by atoms with van der Waals surface area (Å²) in [5.74, 6) is 1.45. The number of hydrogen-bond donors (Lipinski definition) is 0. The highest BCUT2D eigenvalue weighted by Gasteiger charge is 2.37. The quantitative estimate of drug-likeness (QED) is 0.0720. The van der Waals surface area contributed by atoms with Gasteiger partial charge in [0.25, 0.3) is 0 Å². The lowest BCUT2D eigenvalue weighted by Crippen LogP contribution is -2.21. The highest BCUT2D eigenvalue weighted by molar-refractivity contribution is 7.10. The first kappa shape index (κ1) is 97.1. The number of pyridine rings is 10. The van der Waals surface area contributed by atoms with Crippen LogP contribution in [0.1, 0.15) is 125 Å². The normalized spacial score (nSPS) is 12.7. The number of aryl methyl sites for hydroxylation is 4. The summed E-state index contributed by atoms with van der Waals surface area (Å²) in [5, 5.41) is 48.7. The van der Waals surface area contributed by atoms with E-state index in [1.165, 1.54) is 75.4 Å². The minimum atomic E-state index is -4.65. The van der Waals surface area contributed by atoms with Gasteiger partial charge in [0.2, 0.25) is 0 Å². The summed E-state index contributed by atoms with van der Waals surface area (Å²) in [5.41, 5.74) is 12.9. The summed E-state index contributed by atoms with van der Waals surface area (Å²) in [6, 6.07) is 55.5. The molecule has 744 valence electrons. The van der Waals surface area contributed by atoms with E-state index in [1.54, 1.807) is 119 Å². The summed E-state index contributed by atoms with van der Waals surface area (Å²) in [6.45, 7) is 13.1. The van der Waals surface area contributed by atoms with Crippen molar-refractivity contribution in [3.63, 3.8) is 0 Å². The molecule has 0 aliphatic carbocycles. The van der Waals surface area contributed by atoms with E-state index >= 15 is 4.39 Å². The van der Waals surface area contributed by atoms with Crippen molar-refractivity contribution in [1.82, 2.24) is 122 Å². The Bertz CT molecular complexity index is 9200. The van der Waals surface area contributed by atoms with Gasteiger partial charge in [-0.1, -0.05) is 73.5 Å². The molecule has 25 aromatic rings. The number of rotatable bonds is 18. The van der Waals surface area contributed by atoms with E-state index in [0.29, 0.717) is 69.3 Å². The van der Waals surface area contributed by atoms with E-state index < -0.39 is 46.6 Å². The van der Waals surface area contributed by atoms with E-state index in [4.69, 9.17) is 23.3 Å². The lowest BCUT2D eigenvalue weighted by atomic mass is 9.95. The second-order valence-corrected chi connectivity index (χ2v) is 37.2. The van der Waals surface area contributed by atoms with E-state index in [-0.39, 0.29) is 63.1 Å². The molecule has 20 heterocycles. The van der Waals surface area contributed by atoms with E-state index in [9.17, 15) is 35.1 Å². The molecule has 0 saturated carbocycles. The Balaban J connectivity index is 0.000000109. The second kappa shape index (κ2) is 39.8. The van der Waals surface area contributed by atoms with Crippen LogP contribution in [0.4, 0.5) is 39.5 Å². The molecule has 4 atom stereocenters. The zero-order chi connectivity index (χ0) is 104. The third-order valence-electron chi connectivity index (χ3n) is 25.4. The summed E-state index contributed by atoms with van der Waals surface area (Å²) in [6.07, 6.45) is 18.0. The molecule has 0 radical (unpaired) electrons. The third-order valence-corrected chi connectivity index (χ3v) is 27.3. The molecular weight excluding hydrogens is 1960 g/mol. The molecule has 0 bridgehead atoms. The van der Waals surface area contributed by atoms with Crippen LogP contribution in [0, 0.1) is 49.9 Å². The number of imidazole rings is 1. The average molecular weight is 2050 g/mol. The Hall–Kier alpha value is -18.0. The molecule has 0 aliphatic heterocycles. The molecule has 20 aromatic heterocycles. The molecular formula is C108H82F9N25O5S2. The second-order valence-electron chi connectivity index (χ2n) is 35.5. The van der Waals surface area contributed by atoms with Gasteiger partial charge >= 0.3 is 6.18 Å². The number of nitrogens with zero attached hydrogens (tertiary/aromatic N) is 25. The molecule has 41 heteroatoms. The van der Waals surface area contributed by atoms with Crippen molar-refractivity contribution in [3.8, 4) is 71.9 Å². The molecule has 25 rings (SSSR count). The fraction of sp³-hybridized carbons (Fsp3) is 0.157. The lowest BCUT2D eigenvalue weighted by molar-refractivity contribution is -0.142. The fourth-order valence-electron chi connectivity index (χ4n) is 17.5. The molecule has 0 amide bonds. The Labute approximate surface area is 847 Å². The van der Waals surface area contributed by atoms with E-state index in [1.807, 2.05) is 176 Å². The van der Waals surface area contributed by atoms with Crippen molar-refractivity contribution in [2.24, 2.45) is 7.05 Å². The standard InChI is InChI=1S/C22H14F4N4O2.C22H18FN5O2.C22H18FN5OS.C21H15F2N5S.C21H17FN6/c1-31-16-6-13-4-12(2-3-18(13)27-10-16)5-15-9-28-21-17(23)7-14(11-30(15)21)19-8-20(29-32-19)22(24,25)26;2*1-12-6-20(30-27-12)16-9-18(23)22-26-25-21(28(22)11-16)13(2)14-4-5-19-15(7-14)8-17(29-3)10-24-19;1-12-8-18(29-27-12)14-10-16(22)19-25-26-20(28(19)11-14)21(2,23)15-5-6-17-13(9-15)4-3-7-24-17;1-13(14-5-6-19-15(8-14)4-3-7-23-19)20-25-26-21-18(22)9-16(12-28(20)21)17-10-24-27(2)11-17/h2-4,6-11H,5H2,1H3;2*4-11,13H,1-3H3;3-11H,1-2H3;3-13H,1-2H3/t;2*13-;21-;13-/m.0001/s1. The lowest BCUT2D eigenvalue weighted by Gasteiger charge is -2.19. The molecule has 0 unspecified atom stereocenters. The van der Waals surface area contributed by atoms with Gasteiger partial charge < -0.3 is 27.7 Å². The number of fused-ring (bicyclic) bond motifs is 10. The number of methoxy groups -OCH3 is 3. The molecule has 149 heavy (non-hydrogen) atoms. The number of benzene rings is 5. The first-order valence-corrected chi connectivity index (χ1v) is 47.8. The van der Waals surface area contributed by atoms with Crippen LogP contribution < -0.4 is 14.2 Å². The Morgan fingerprint density at radius 2 is 0.792 bits per heavy atom. The molecule has 0 N–H and O–H groups in total. The number of aromatic nitrogens is 25. The molecule has 5 aromatic carbocycles. The fourth-order valence-corrected chi connectivity index (χ4v) is 19.0. The summed E-state index contributed by atoms with van der Waals surface area (Å²) >= 11 is 2.61. The minimum Gasteiger partial charge on any atom is -0.495 e. The van der Waals surface area contributed by atoms with Crippen molar-refractivity contribution in [2.75, 3.05) is 21.3 Å². The first-order valence-electron chi connectivity index (χ1n) is 46.3. The average Bonchev–Trinajstić information content (AvgIpc) is 1.73. The van der Waals surface area contributed by atoms with Crippen LogP contribution in [-0.2, 0) is 25.3 Å². The topological polar surface area (TPSA) is 326 Å². The minimum absolute atomic E-state index is 0.0118. The SMILES string of the molecule is COc1cnc2ccc(Cc3cnc4c(F)cc(-c5cc(C(F)(F)F)no5)cn34)cc2c1.COc1cnc2ccc([C@H](C)c3nnc4c(F)cc(-c5cc(C)no5)cn34)cc2c1.COc1cnc2ccc([C@H](C)c3nnc4c(F)cc(-c5cc(C)ns5)cn34)cc2c1.C[C@H](c1ccc2ncccc2c1)c1nnc2c(F)cc(-c3cnn(C)c3)cn12.Cc1cc(-c2cc(F)c3nnc([C@@](C)(F)c4ccc5ncccc5c4)n3c2)sn1. The van der Waals surface area contributed by atoms with Crippen molar-refractivity contribution < 1.29 is 62.8 Å². The Morgan fingerprint density at radius 1 is 0.369 bits per heavy atom. The summed E-state index contributed by atoms with van der Waals surface area (Å²) in [7, 11) is 6.62. The monoisotopic (exact) mass is 2040 g/mol. The van der Waals surface area contributed by atoms with E-state index in [2.05, 4.69) is 107 Å². The molecule has 0 saturated heterocycles. The summed E-state index contributed by atoms with van der Waals surface area (Å²) < 4.78 is 172. The number of halogens is 9. The largest absolute Gasteiger partial charge is 0.495 e. The number of ether oxygens (including phenoxy) is 3. The Kier molecular flexibility index (Phi) is 26.0. The summed E-state index contributed by atoms with van der Waals surface area (Å²) in [4.78, 5) is 27.6. The highest BCUT2D eigenvalue weighted by Crippen LogP contribution is 2.41. The molecule has 0 spiro atoms. The van der Waals surface area contributed by atoms with Crippen molar-refractivity contribution in [3.05, 3.63) is 377 Å². The van der Waals surface area contributed by atoms with Gasteiger partial charge in [-0.25, -0.2) is 31.3 Å². The van der Waals surface area contributed by atoms with Crippen LogP contribution in [0.25, 0.3) is 137 Å². The molecule has 0 aliphatic rings. The van der Waals surface area contributed by atoms with Crippen LogP contribution in [0.3, 0.4) is 0 Å². The van der Waals surface area contributed by atoms with Crippen LogP contribution in [-0.4, -0.2) is 143 Å². The van der Waals surface area contributed by atoms with Crippen LogP contribution in [0.15, 0.2) is 278 Å². The highest BCUT2D eigenvalue weighted by atomic mass is 32.1. The predicted molar refractivity (Wildman–Crippen MR) is 543 cm³/mol. The van der Waals surface area contributed by atoms with Gasteiger partial charge in [0.1, 0.15) is 34.7 Å². The van der Waals surface area contributed by atoms with Crippen LogP contribution in [0.2, 0.25) is 0 Å². The van der Waals surface area contributed by atoms with E-state index in [0.717, 1.165) is 132 Å². The van der Waals surface area contributed by atoms with Gasteiger partial charge in [0.05, 0.1) is 101 Å². The molecule has 30 nitrogen and oxygen atoms in total.